The predicted molar refractivity (Wildman–Crippen MR) is 26.5 cm³/mol. The molecule has 0 atom stereocenters. The number of rotatable bonds is 3. The van der Waals surface area contributed by atoms with Gasteiger partial charge in [0, 0.05) is 6.42 Å². The summed E-state index contributed by atoms with van der Waals surface area (Å²) in [6, 6.07) is 0. The molecule has 0 aromatic carbocycles. The van der Waals surface area contributed by atoms with Gasteiger partial charge in [0.1, 0.15) is 6.61 Å². The monoisotopic (exact) mass is 128 g/mol. The van der Waals surface area contributed by atoms with Crippen molar-refractivity contribution < 1.29 is 17.6 Å². The largest absolute Gasteiger partial charge is 0.842 e. The van der Waals surface area contributed by atoms with Gasteiger partial charge in [-0.1, -0.05) is 6.92 Å². The molecule has 0 rings (SSSR count). The molecule has 0 saturated carbocycles. The van der Waals surface area contributed by atoms with Gasteiger partial charge in [-0.25, -0.2) is 0 Å². The maximum Gasteiger partial charge on any atom is 0.842 e. The van der Waals surface area contributed by atoms with Gasteiger partial charge in [0.05, 0.1) is 0 Å². The van der Waals surface area contributed by atoms with Gasteiger partial charge in [0.2, 0.25) is 0 Å². The molecule has 5 heteroatoms. The fourth-order valence-electron chi connectivity index (χ4n) is 0.275. The highest BCUT2D eigenvalue weighted by Crippen LogP contribution is 2.05. The molecule has 0 aliphatic carbocycles. The molecule has 0 saturated heterocycles. The minimum atomic E-state index is -4.88. The lowest BCUT2D eigenvalue weighted by Gasteiger charge is -2.08. The Morgan fingerprint density at radius 1 is 1.38 bits per heavy atom. The van der Waals surface area contributed by atoms with E-state index in [0.29, 0.717) is 6.42 Å². The highest BCUT2D eigenvalue weighted by Gasteiger charge is 2.36. The Kier molecular flexibility index (Phi) is 2.90. The maximum absolute atomic E-state index is 11.1. The van der Waals surface area contributed by atoms with Crippen LogP contribution in [0.2, 0.25) is 0 Å². The lowest BCUT2D eigenvalue weighted by molar-refractivity contribution is 0.0358. The zero-order chi connectivity index (χ0) is 6.62. The molecular weight excluding hydrogens is 120 g/mol. The number of hydrogen-bond donors (Lipinski definition) is 0. The number of aliphatic hydroxyl groups is 1. The van der Waals surface area contributed by atoms with Crippen molar-refractivity contribution in [3.63, 3.8) is 0 Å². The first-order valence-corrected chi connectivity index (χ1v) is 2.44. The van der Waals surface area contributed by atoms with Gasteiger partial charge in [-0.05, 0) is 0 Å². The van der Waals surface area contributed by atoms with E-state index in [1.807, 2.05) is 0 Å². The van der Waals surface area contributed by atoms with Crippen molar-refractivity contribution >= 4 is 7.18 Å². The van der Waals surface area contributed by atoms with E-state index in [-0.39, 0.29) is 6.61 Å². The summed E-state index contributed by atoms with van der Waals surface area (Å²) in [6.07, 6.45) is 0.460. The quantitative estimate of drug-likeness (QED) is 0.401. The van der Waals surface area contributed by atoms with Gasteiger partial charge in [-0.3, -0.25) is 0 Å². The standard InChI is InChI=1S/C3H8BF3O/c1-2-3-8-4(5,6)7/h8H,2-3H2,1H3. The van der Waals surface area contributed by atoms with E-state index in [1.54, 1.807) is 6.92 Å². The van der Waals surface area contributed by atoms with Crippen LogP contribution in [0.1, 0.15) is 13.3 Å². The van der Waals surface area contributed by atoms with Crippen molar-refractivity contribution in [3.8, 4) is 0 Å². The molecule has 1 nitrogen and oxygen atoms in total. The van der Waals surface area contributed by atoms with Gasteiger partial charge in [0.25, 0.3) is 0 Å². The zero-order valence-electron chi connectivity index (χ0n) is 4.57. The van der Waals surface area contributed by atoms with Crippen molar-refractivity contribution in [1.29, 1.82) is 0 Å². The fourth-order valence-corrected chi connectivity index (χ4v) is 0.275. The second-order valence-corrected chi connectivity index (χ2v) is 1.45. The SMILES string of the molecule is CCC[OH+][B-](F)(F)F. The van der Waals surface area contributed by atoms with E-state index in [1.165, 1.54) is 0 Å². The molecule has 0 bridgehead atoms. The Labute approximate surface area is 45.9 Å². The second kappa shape index (κ2) is 2.97. The molecule has 1 N–H and O–H groups in total. The lowest BCUT2D eigenvalue weighted by atomic mass is 10.3. The summed E-state index contributed by atoms with van der Waals surface area (Å²) in [7, 11) is -4.88. The molecule has 0 aliphatic heterocycles. The molecule has 0 fully saturated rings. The van der Waals surface area contributed by atoms with E-state index < -0.39 is 7.18 Å². The van der Waals surface area contributed by atoms with Crippen LogP contribution in [0.25, 0.3) is 0 Å². The van der Waals surface area contributed by atoms with Crippen LogP contribution < -0.4 is 0 Å². The van der Waals surface area contributed by atoms with Gasteiger partial charge in [-0.15, -0.1) is 0 Å². The Morgan fingerprint density at radius 2 is 1.88 bits per heavy atom. The van der Waals surface area contributed by atoms with Crippen LogP contribution in [0.15, 0.2) is 0 Å². The molecule has 8 heavy (non-hydrogen) atoms. The molecule has 0 radical (unpaired) electrons. The van der Waals surface area contributed by atoms with Crippen LogP contribution in [0.4, 0.5) is 12.9 Å². The first kappa shape index (κ1) is 7.81. The molecule has 0 aromatic heterocycles. The summed E-state index contributed by atoms with van der Waals surface area (Å²) >= 11 is 0. The Hall–Kier alpha value is -0.185. The summed E-state index contributed by atoms with van der Waals surface area (Å²) in [4.78, 5) is 0. The number of hydrogen-bond acceptors (Lipinski definition) is 0. The second-order valence-electron chi connectivity index (χ2n) is 1.45. The maximum atomic E-state index is 11.1. The van der Waals surface area contributed by atoms with Crippen molar-refractivity contribution in [2.24, 2.45) is 0 Å². The van der Waals surface area contributed by atoms with Gasteiger partial charge < -0.3 is 17.6 Å². The average Bonchev–Trinajstić information content (AvgIpc) is 1.59. The van der Waals surface area contributed by atoms with E-state index >= 15 is 0 Å². The molecular formula is C3H8BF3O. The lowest BCUT2D eigenvalue weighted by Crippen LogP contribution is -2.26. The molecule has 0 spiro atoms. The molecule has 0 amide bonds. The van der Waals surface area contributed by atoms with Crippen LogP contribution in [0.3, 0.4) is 0 Å². The summed E-state index contributed by atoms with van der Waals surface area (Å²) in [5.41, 5.74) is 0. The van der Waals surface area contributed by atoms with E-state index in [0.717, 1.165) is 0 Å². The van der Waals surface area contributed by atoms with Gasteiger partial charge in [0.15, 0.2) is 0 Å². The van der Waals surface area contributed by atoms with Crippen molar-refractivity contribution in [3.05, 3.63) is 0 Å². The van der Waals surface area contributed by atoms with Crippen LogP contribution in [0.5, 0.6) is 0 Å². The van der Waals surface area contributed by atoms with Crippen molar-refractivity contribution in [2.75, 3.05) is 6.61 Å². The van der Waals surface area contributed by atoms with Crippen LogP contribution in [-0.4, -0.2) is 18.4 Å². The van der Waals surface area contributed by atoms with Gasteiger partial charge in [-0.2, -0.15) is 0 Å². The molecule has 0 aromatic rings. The smallest absolute Gasteiger partial charge is 0.593 e. The molecule has 50 valence electrons. The Morgan fingerprint density at radius 3 is 2.00 bits per heavy atom. The van der Waals surface area contributed by atoms with E-state index in [4.69, 9.17) is 0 Å². The fraction of sp³-hybridized carbons (Fsp3) is 1.00. The van der Waals surface area contributed by atoms with Crippen molar-refractivity contribution in [1.82, 2.24) is 0 Å². The average molecular weight is 128 g/mol. The van der Waals surface area contributed by atoms with Crippen LogP contribution in [0, 0.1) is 0 Å². The highest BCUT2D eigenvalue weighted by molar-refractivity contribution is 6.50. The van der Waals surface area contributed by atoms with Crippen LogP contribution in [-0.2, 0) is 0 Å². The van der Waals surface area contributed by atoms with Gasteiger partial charge >= 0.3 is 7.18 Å². The topological polar surface area (TPSA) is 12.8 Å². The first-order chi connectivity index (χ1) is 3.56. The summed E-state index contributed by atoms with van der Waals surface area (Å²) in [5.74, 6) is 0. The predicted octanol–water partition coefficient (Wildman–Crippen LogP) is 1.27. The third kappa shape index (κ3) is 5.81. The molecule has 0 unspecified atom stereocenters. The molecule has 0 heterocycles. The first-order valence-electron chi connectivity index (χ1n) is 2.44. The number of halogens is 3. The minimum absolute atomic E-state index is 0.0938. The summed E-state index contributed by atoms with van der Waals surface area (Å²) < 4.78 is 35.9. The summed E-state index contributed by atoms with van der Waals surface area (Å²) in [5, 5.41) is 0. The van der Waals surface area contributed by atoms with E-state index in [9.17, 15) is 12.9 Å². The minimum Gasteiger partial charge on any atom is -0.593 e. The van der Waals surface area contributed by atoms with E-state index in [2.05, 4.69) is 4.65 Å². The molecule has 0 aliphatic rings. The highest BCUT2D eigenvalue weighted by atomic mass is 19.4. The van der Waals surface area contributed by atoms with Crippen LogP contribution >= 0.6 is 0 Å². The summed E-state index contributed by atoms with van der Waals surface area (Å²) in [6.45, 7) is 1.56. The zero-order valence-corrected chi connectivity index (χ0v) is 4.57. The van der Waals surface area contributed by atoms with Crippen molar-refractivity contribution in [2.45, 2.75) is 13.3 Å². The normalized spacial score (nSPS) is 12.0. The third-order valence-electron chi connectivity index (χ3n) is 0.560. The Balaban J connectivity index is 3.11. The Bertz CT molecular complexity index is 62.0. The third-order valence-corrected chi connectivity index (χ3v) is 0.560.